The Labute approximate surface area is 123 Å². The minimum Gasteiger partial charge on any atom is -0.506 e. The molecule has 2 aromatic rings. The molecule has 3 rings (SSSR count). The monoisotopic (exact) mass is 286 g/mol. The summed E-state index contributed by atoms with van der Waals surface area (Å²) >= 11 is 0. The summed E-state index contributed by atoms with van der Waals surface area (Å²) in [5, 5.41) is 10.8. The van der Waals surface area contributed by atoms with Crippen molar-refractivity contribution < 1.29 is 14.6 Å². The van der Waals surface area contributed by atoms with Crippen LogP contribution in [-0.2, 0) is 9.53 Å². The fourth-order valence-corrected chi connectivity index (χ4v) is 2.81. The maximum atomic E-state index is 11.5. The fraction of sp³-hybridized carbons (Fsp3) is 0.375. The summed E-state index contributed by atoms with van der Waals surface area (Å²) in [6.07, 6.45) is 1.54. The molecule has 1 N–H and O–H groups in total. The van der Waals surface area contributed by atoms with Crippen molar-refractivity contribution in [3.8, 4) is 5.75 Å². The third kappa shape index (κ3) is 2.63. The Kier molecular flexibility index (Phi) is 3.64. The first kappa shape index (κ1) is 13.7. The molecule has 5 nitrogen and oxygen atoms in total. The van der Waals surface area contributed by atoms with Gasteiger partial charge in [-0.2, -0.15) is 0 Å². The number of hydrogen-bond donors (Lipinski definition) is 1. The average Bonchev–Trinajstić information content (AvgIpc) is 2.54. The standard InChI is InChI=1S/C16H18N2O3/c1-21-16(20)12-7-9-18(10-8-12)14-6-5-11-3-2-4-13(19)15(11)17-14/h2-6,12,19H,7-10H2,1H3. The summed E-state index contributed by atoms with van der Waals surface area (Å²) in [5.74, 6) is 0.894. The maximum absolute atomic E-state index is 11.5. The number of phenolic OH excluding ortho intramolecular Hbond substituents is 1. The highest BCUT2D eigenvalue weighted by Crippen LogP contribution is 2.27. The molecule has 0 radical (unpaired) electrons. The molecular formula is C16H18N2O3. The minimum atomic E-state index is -0.126. The van der Waals surface area contributed by atoms with Crippen LogP contribution < -0.4 is 4.90 Å². The predicted molar refractivity (Wildman–Crippen MR) is 80.4 cm³/mol. The van der Waals surface area contributed by atoms with Crippen molar-refractivity contribution in [2.24, 2.45) is 5.92 Å². The number of benzene rings is 1. The third-order valence-corrected chi connectivity index (χ3v) is 4.04. The van der Waals surface area contributed by atoms with E-state index < -0.39 is 0 Å². The minimum absolute atomic E-state index is 0.0138. The molecular weight excluding hydrogens is 268 g/mol. The Morgan fingerprint density at radius 2 is 2.05 bits per heavy atom. The number of anilines is 1. The molecule has 2 heterocycles. The Bertz CT molecular complexity index is 664. The van der Waals surface area contributed by atoms with Crippen LogP contribution in [0.5, 0.6) is 5.75 Å². The van der Waals surface area contributed by atoms with Gasteiger partial charge in [-0.15, -0.1) is 0 Å². The molecule has 0 saturated carbocycles. The predicted octanol–water partition coefficient (Wildman–Crippen LogP) is 2.33. The highest BCUT2D eigenvalue weighted by Gasteiger charge is 2.26. The largest absolute Gasteiger partial charge is 0.506 e. The lowest BCUT2D eigenvalue weighted by atomic mass is 9.97. The van der Waals surface area contributed by atoms with Crippen LogP contribution >= 0.6 is 0 Å². The van der Waals surface area contributed by atoms with Gasteiger partial charge in [-0.1, -0.05) is 12.1 Å². The molecule has 1 saturated heterocycles. The Balaban J connectivity index is 1.79. The molecule has 1 fully saturated rings. The van der Waals surface area contributed by atoms with Gasteiger partial charge < -0.3 is 14.7 Å². The lowest BCUT2D eigenvalue weighted by Crippen LogP contribution is -2.37. The van der Waals surface area contributed by atoms with Crippen molar-refractivity contribution in [2.45, 2.75) is 12.8 Å². The molecule has 1 aromatic heterocycles. The van der Waals surface area contributed by atoms with Crippen molar-refractivity contribution >= 4 is 22.7 Å². The average molecular weight is 286 g/mol. The van der Waals surface area contributed by atoms with E-state index in [1.165, 1.54) is 7.11 Å². The van der Waals surface area contributed by atoms with Crippen molar-refractivity contribution in [2.75, 3.05) is 25.1 Å². The second-order valence-corrected chi connectivity index (χ2v) is 5.30. The molecule has 5 heteroatoms. The Morgan fingerprint density at radius 3 is 2.76 bits per heavy atom. The molecule has 0 aliphatic carbocycles. The summed E-state index contributed by atoms with van der Waals surface area (Å²) < 4.78 is 4.80. The summed E-state index contributed by atoms with van der Waals surface area (Å²) in [6.45, 7) is 1.54. The van der Waals surface area contributed by atoms with Gasteiger partial charge in [0, 0.05) is 18.5 Å². The molecule has 1 aliphatic heterocycles. The van der Waals surface area contributed by atoms with E-state index >= 15 is 0 Å². The van der Waals surface area contributed by atoms with E-state index in [2.05, 4.69) is 9.88 Å². The van der Waals surface area contributed by atoms with Gasteiger partial charge in [0.15, 0.2) is 0 Å². The van der Waals surface area contributed by atoms with Gasteiger partial charge in [0.25, 0.3) is 0 Å². The van der Waals surface area contributed by atoms with Crippen molar-refractivity contribution in [3.05, 3.63) is 30.3 Å². The SMILES string of the molecule is COC(=O)C1CCN(c2ccc3cccc(O)c3n2)CC1. The van der Waals surface area contributed by atoms with Crippen LogP contribution in [0.1, 0.15) is 12.8 Å². The van der Waals surface area contributed by atoms with E-state index in [-0.39, 0.29) is 17.6 Å². The number of hydrogen-bond acceptors (Lipinski definition) is 5. The van der Waals surface area contributed by atoms with E-state index in [4.69, 9.17) is 4.74 Å². The number of para-hydroxylation sites is 1. The molecule has 1 aromatic carbocycles. The van der Waals surface area contributed by atoms with Crippen LogP contribution in [0.3, 0.4) is 0 Å². The highest BCUT2D eigenvalue weighted by molar-refractivity contribution is 5.85. The van der Waals surface area contributed by atoms with Crippen LogP contribution in [0.4, 0.5) is 5.82 Å². The zero-order valence-corrected chi connectivity index (χ0v) is 12.0. The zero-order chi connectivity index (χ0) is 14.8. The number of ether oxygens (including phenoxy) is 1. The number of carbonyl (C=O) groups excluding carboxylic acids is 1. The van der Waals surface area contributed by atoms with Crippen LogP contribution in [0.15, 0.2) is 30.3 Å². The topological polar surface area (TPSA) is 62.7 Å². The normalized spacial score (nSPS) is 16.1. The van der Waals surface area contributed by atoms with Gasteiger partial charge in [0.1, 0.15) is 17.1 Å². The quantitative estimate of drug-likeness (QED) is 0.858. The second kappa shape index (κ2) is 5.60. The number of esters is 1. The lowest BCUT2D eigenvalue weighted by molar-refractivity contribution is -0.146. The van der Waals surface area contributed by atoms with E-state index in [0.29, 0.717) is 5.52 Å². The highest BCUT2D eigenvalue weighted by atomic mass is 16.5. The fourth-order valence-electron chi connectivity index (χ4n) is 2.81. The van der Waals surface area contributed by atoms with Gasteiger partial charge in [-0.3, -0.25) is 4.79 Å². The zero-order valence-electron chi connectivity index (χ0n) is 12.0. The first-order valence-corrected chi connectivity index (χ1v) is 7.10. The van der Waals surface area contributed by atoms with Gasteiger partial charge in [-0.25, -0.2) is 4.98 Å². The van der Waals surface area contributed by atoms with Crippen LogP contribution in [0.25, 0.3) is 10.9 Å². The number of rotatable bonds is 2. The number of pyridine rings is 1. The van der Waals surface area contributed by atoms with Gasteiger partial charge >= 0.3 is 5.97 Å². The maximum Gasteiger partial charge on any atom is 0.308 e. The first-order chi connectivity index (χ1) is 10.2. The lowest BCUT2D eigenvalue weighted by Gasteiger charge is -2.31. The van der Waals surface area contributed by atoms with E-state index in [9.17, 15) is 9.90 Å². The number of aromatic hydroxyl groups is 1. The summed E-state index contributed by atoms with van der Waals surface area (Å²) in [6, 6.07) is 9.29. The molecule has 0 amide bonds. The molecule has 21 heavy (non-hydrogen) atoms. The molecule has 0 spiro atoms. The van der Waals surface area contributed by atoms with Gasteiger partial charge in [0.2, 0.25) is 0 Å². The summed E-state index contributed by atoms with van der Waals surface area (Å²) in [7, 11) is 1.43. The number of phenols is 1. The third-order valence-electron chi connectivity index (χ3n) is 4.04. The summed E-state index contributed by atoms with van der Waals surface area (Å²) in [5.41, 5.74) is 0.616. The Hall–Kier alpha value is -2.30. The van der Waals surface area contributed by atoms with Crippen LogP contribution in [0, 0.1) is 5.92 Å². The number of piperidine rings is 1. The Morgan fingerprint density at radius 1 is 1.29 bits per heavy atom. The number of aromatic nitrogens is 1. The van der Waals surface area contributed by atoms with Crippen molar-refractivity contribution in [1.29, 1.82) is 0 Å². The second-order valence-electron chi connectivity index (χ2n) is 5.30. The van der Waals surface area contributed by atoms with Crippen molar-refractivity contribution in [3.63, 3.8) is 0 Å². The van der Waals surface area contributed by atoms with Crippen molar-refractivity contribution in [1.82, 2.24) is 4.98 Å². The number of methoxy groups -OCH3 is 1. The molecule has 1 aliphatic rings. The van der Waals surface area contributed by atoms with E-state index in [1.54, 1.807) is 12.1 Å². The van der Waals surface area contributed by atoms with Gasteiger partial charge in [0.05, 0.1) is 13.0 Å². The molecule has 0 bridgehead atoms. The molecule has 0 atom stereocenters. The van der Waals surface area contributed by atoms with Crippen LogP contribution in [0.2, 0.25) is 0 Å². The van der Waals surface area contributed by atoms with E-state index in [0.717, 1.165) is 37.1 Å². The van der Waals surface area contributed by atoms with Gasteiger partial charge in [-0.05, 0) is 31.0 Å². The number of carbonyl (C=O) groups is 1. The molecule has 0 unspecified atom stereocenters. The van der Waals surface area contributed by atoms with E-state index in [1.807, 2.05) is 18.2 Å². The number of nitrogens with zero attached hydrogens (tertiary/aromatic N) is 2. The van der Waals surface area contributed by atoms with Crippen LogP contribution in [-0.4, -0.2) is 36.3 Å². The smallest absolute Gasteiger partial charge is 0.308 e. The molecule has 110 valence electrons. The summed E-state index contributed by atoms with van der Waals surface area (Å²) in [4.78, 5) is 18.2. The first-order valence-electron chi connectivity index (χ1n) is 7.10. The number of fused-ring (bicyclic) bond motifs is 1.